The zero-order valence-corrected chi connectivity index (χ0v) is 31.1. The van der Waals surface area contributed by atoms with Crippen molar-refractivity contribution in [2.75, 3.05) is 7.11 Å². The van der Waals surface area contributed by atoms with Gasteiger partial charge in [0.25, 0.3) is 0 Å². The van der Waals surface area contributed by atoms with Crippen molar-refractivity contribution in [2.24, 2.45) is 16.7 Å². The fourth-order valence-corrected chi connectivity index (χ4v) is 5.65. The van der Waals surface area contributed by atoms with Crippen LogP contribution in [-0.2, 0) is 36.9 Å². The van der Waals surface area contributed by atoms with Crippen molar-refractivity contribution in [3.05, 3.63) is 82.4 Å². The molecule has 0 radical (unpaired) electrons. The van der Waals surface area contributed by atoms with Crippen LogP contribution in [0.5, 0.6) is 5.75 Å². The van der Waals surface area contributed by atoms with E-state index >= 15 is 0 Å². The van der Waals surface area contributed by atoms with Gasteiger partial charge in [0.2, 0.25) is 17.7 Å². The molecule has 2 aromatic carbocycles. The summed E-state index contributed by atoms with van der Waals surface area (Å²) in [5.74, 6) is -1.81. The predicted molar refractivity (Wildman–Crippen MR) is 195 cm³/mol. The molecule has 1 heterocycles. The van der Waals surface area contributed by atoms with Gasteiger partial charge >= 0.3 is 5.97 Å². The number of aliphatic hydroxyl groups is 1. The lowest BCUT2D eigenvalue weighted by Gasteiger charge is -2.35. The molecule has 50 heavy (non-hydrogen) atoms. The third kappa shape index (κ3) is 11.7. The summed E-state index contributed by atoms with van der Waals surface area (Å²) < 4.78 is 11.4. The van der Waals surface area contributed by atoms with Gasteiger partial charge < -0.3 is 30.5 Å². The number of amides is 3. The smallest absolute Gasteiger partial charge is 0.328 e. The van der Waals surface area contributed by atoms with Crippen LogP contribution in [0.15, 0.2) is 60.7 Å². The minimum Gasteiger partial charge on any atom is -0.495 e. The Morgan fingerprint density at radius 2 is 1.68 bits per heavy atom. The minimum absolute atomic E-state index is 0.0536. The molecular weight excluding hydrogens is 658 g/mol. The monoisotopic (exact) mass is 709 g/mol. The highest BCUT2D eigenvalue weighted by Gasteiger charge is 2.40. The minimum atomic E-state index is -1.15. The lowest BCUT2D eigenvalue weighted by atomic mass is 9.82. The molecule has 0 unspecified atom stereocenters. The molecule has 0 saturated carbocycles. The van der Waals surface area contributed by atoms with E-state index in [1.54, 1.807) is 45.0 Å². The Kier molecular flexibility index (Phi) is 14.2. The molecule has 0 bridgehead atoms. The van der Waals surface area contributed by atoms with E-state index in [2.05, 4.69) is 16.0 Å². The number of ether oxygens (including phenoxy) is 2. The molecule has 0 fully saturated rings. The molecule has 4 N–H and O–H groups in total. The van der Waals surface area contributed by atoms with Gasteiger partial charge in [-0.05, 0) is 67.5 Å². The van der Waals surface area contributed by atoms with Crippen LogP contribution in [0.1, 0.15) is 78.0 Å². The van der Waals surface area contributed by atoms with Gasteiger partial charge in [-0.25, -0.2) is 4.79 Å². The first-order valence-electron chi connectivity index (χ1n) is 16.9. The van der Waals surface area contributed by atoms with E-state index in [9.17, 15) is 24.3 Å². The zero-order chi connectivity index (χ0) is 37.2. The van der Waals surface area contributed by atoms with Gasteiger partial charge in [-0.15, -0.1) is 0 Å². The number of carbonyl (C=O) groups is 4. The number of rotatable bonds is 8. The molecule has 0 spiro atoms. The third-order valence-electron chi connectivity index (χ3n) is 8.97. The molecule has 272 valence electrons. The summed E-state index contributed by atoms with van der Waals surface area (Å²) in [6.45, 7) is 12.9. The van der Waals surface area contributed by atoms with Crippen molar-refractivity contribution < 1.29 is 33.8 Å². The number of benzene rings is 2. The number of hydrogen-bond acceptors (Lipinski definition) is 7. The van der Waals surface area contributed by atoms with E-state index in [4.69, 9.17) is 21.1 Å². The summed E-state index contributed by atoms with van der Waals surface area (Å²) in [4.78, 5) is 54.6. The van der Waals surface area contributed by atoms with Gasteiger partial charge in [-0.1, -0.05) is 87.9 Å². The number of esters is 1. The SMILES string of the molecule is COc1ccc(C[C@H]2NC(=O)/C=C/C[C@@H]([C@H](C)/C=C/c3ccc(CO)cc3)OC(=O)[C@H](CC(C)(C)C)NC(=O)C(C)(C)[C@@H](C)NC2=O)cc1Cl. The van der Waals surface area contributed by atoms with Crippen molar-refractivity contribution in [1.29, 1.82) is 0 Å². The highest BCUT2D eigenvalue weighted by atomic mass is 35.5. The number of carbonyl (C=O) groups excluding carboxylic acids is 4. The van der Waals surface area contributed by atoms with Gasteiger partial charge in [0.05, 0.1) is 24.2 Å². The summed E-state index contributed by atoms with van der Waals surface area (Å²) in [6, 6.07) is 9.93. The maximum Gasteiger partial charge on any atom is 0.328 e. The Balaban J connectivity index is 1.99. The Morgan fingerprint density at radius 1 is 1.02 bits per heavy atom. The molecule has 11 heteroatoms. The van der Waals surface area contributed by atoms with Crippen LogP contribution in [0.25, 0.3) is 6.08 Å². The van der Waals surface area contributed by atoms with Gasteiger partial charge in [0.1, 0.15) is 23.9 Å². The second-order valence-electron chi connectivity index (χ2n) is 14.7. The first kappa shape index (κ1) is 40.3. The summed E-state index contributed by atoms with van der Waals surface area (Å²) in [6.07, 6.45) is 6.72. The normalized spacial score (nSPS) is 23.7. The second kappa shape index (κ2) is 17.7. The van der Waals surface area contributed by atoms with E-state index < -0.39 is 53.3 Å². The van der Waals surface area contributed by atoms with Gasteiger partial charge in [0.15, 0.2) is 0 Å². The average Bonchev–Trinajstić information content (AvgIpc) is 3.05. The van der Waals surface area contributed by atoms with Gasteiger partial charge in [-0.2, -0.15) is 0 Å². The molecule has 1 aliphatic heterocycles. The van der Waals surface area contributed by atoms with Crippen molar-refractivity contribution in [3.63, 3.8) is 0 Å². The van der Waals surface area contributed by atoms with Crippen molar-refractivity contribution in [2.45, 2.75) is 98.6 Å². The fourth-order valence-electron chi connectivity index (χ4n) is 5.37. The van der Waals surface area contributed by atoms with E-state index in [1.807, 2.05) is 64.1 Å². The Morgan fingerprint density at radius 3 is 2.28 bits per heavy atom. The van der Waals surface area contributed by atoms with Gasteiger partial charge in [-0.3, -0.25) is 14.4 Å². The maximum atomic E-state index is 13.8. The number of methoxy groups -OCH3 is 1. The number of nitrogens with one attached hydrogen (secondary N) is 3. The molecule has 3 amide bonds. The molecule has 0 saturated heterocycles. The van der Waals surface area contributed by atoms with Crippen LogP contribution in [0, 0.1) is 16.7 Å². The first-order chi connectivity index (χ1) is 23.4. The summed E-state index contributed by atoms with van der Waals surface area (Å²) >= 11 is 6.35. The number of cyclic esters (lactones) is 1. The Hall–Kier alpha value is -4.15. The van der Waals surface area contributed by atoms with Crippen LogP contribution in [-0.4, -0.2) is 60.1 Å². The highest BCUT2D eigenvalue weighted by molar-refractivity contribution is 6.32. The van der Waals surface area contributed by atoms with Crippen molar-refractivity contribution >= 4 is 41.4 Å². The van der Waals surface area contributed by atoms with Crippen LogP contribution < -0.4 is 20.7 Å². The lowest BCUT2D eigenvalue weighted by molar-refractivity contribution is -0.156. The number of halogens is 1. The number of aliphatic hydroxyl groups excluding tert-OH is 1. The predicted octanol–water partition coefficient (Wildman–Crippen LogP) is 5.54. The summed E-state index contributed by atoms with van der Waals surface area (Å²) in [5.41, 5.74) is 0.909. The molecule has 1 aliphatic rings. The Bertz CT molecular complexity index is 1560. The second-order valence-corrected chi connectivity index (χ2v) is 15.1. The van der Waals surface area contributed by atoms with E-state index in [1.165, 1.54) is 13.2 Å². The van der Waals surface area contributed by atoms with Gasteiger partial charge in [0, 0.05) is 24.8 Å². The van der Waals surface area contributed by atoms with Crippen LogP contribution in [0.3, 0.4) is 0 Å². The molecule has 0 aliphatic carbocycles. The molecule has 10 nitrogen and oxygen atoms in total. The van der Waals surface area contributed by atoms with Crippen LogP contribution in [0.4, 0.5) is 0 Å². The summed E-state index contributed by atoms with van der Waals surface area (Å²) in [7, 11) is 1.51. The fraction of sp³-hybridized carbons (Fsp3) is 0.487. The lowest BCUT2D eigenvalue weighted by Crippen LogP contribution is -2.58. The topological polar surface area (TPSA) is 143 Å². The largest absolute Gasteiger partial charge is 0.495 e. The molecule has 2 aromatic rings. The van der Waals surface area contributed by atoms with Crippen molar-refractivity contribution in [3.8, 4) is 5.75 Å². The molecule has 3 rings (SSSR count). The van der Waals surface area contributed by atoms with Crippen LogP contribution >= 0.6 is 11.6 Å². The van der Waals surface area contributed by atoms with Crippen molar-refractivity contribution in [1.82, 2.24) is 16.0 Å². The zero-order valence-electron chi connectivity index (χ0n) is 30.3. The summed E-state index contributed by atoms with van der Waals surface area (Å²) in [5, 5.41) is 18.4. The maximum absolute atomic E-state index is 13.8. The standard InChI is InChI=1S/C39H52ClN3O7/c1-24(12-13-26-14-16-27(23-44)17-15-26)32-10-9-11-34(45)42-30(21-28-18-19-33(49-8)29(40)20-28)35(46)41-25(2)39(6,7)37(48)43-31(36(47)50-32)22-38(3,4)5/h9,11-20,24-25,30-32,44H,10,21-23H2,1-8H3,(H,41,46)(H,42,45)(H,43,48)/b11-9+,13-12+/t24-,25-,30-,31+,32+/m1/s1. The Labute approximate surface area is 301 Å². The quantitative estimate of drug-likeness (QED) is 0.264. The molecule has 5 atom stereocenters. The van der Waals surface area contributed by atoms with E-state index in [0.29, 0.717) is 22.8 Å². The van der Waals surface area contributed by atoms with E-state index in [-0.39, 0.29) is 30.8 Å². The average molecular weight is 710 g/mol. The first-order valence-corrected chi connectivity index (χ1v) is 17.3. The van der Waals surface area contributed by atoms with Crippen LogP contribution in [0.2, 0.25) is 5.02 Å². The third-order valence-corrected chi connectivity index (χ3v) is 9.26. The number of hydrogen-bond donors (Lipinski definition) is 4. The molecule has 0 aromatic heterocycles. The highest BCUT2D eigenvalue weighted by Crippen LogP contribution is 2.28. The van der Waals surface area contributed by atoms with E-state index in [0.717, 1.165) is 11.1 Å². The molecular formula is C39H52ClN3O7.